The number of aryl methyl sites for hydroxylation is 1. The van der Waals surface area contributed by atoms with Gasteiger partial charge in [0.05, 0.1) is 10.5 Å². The first-order valence-corrected chi connectivity index (χ1v) is 6.50. The summed E-state index contributed by atoms with van der Waals surface area (Å²) in [7, 11) is 0. The van der Waals surface area contributed by atoms with E-state index >= 15 is 0 Å². The molecule has 0 aliphatic rings. The number of nitro groups is 1. The Morgan fingerprint density at radius 3 is 2.63 bits per heavy atom. The quantitative estimate of drug-likeness (QED) is 0.513. The van der Waals surface area contributed by atoms with Crippen LogP contribution in [0.2, 0.25) is 0 Å². The predicted octanol–water partition coefficient (Wildman–Crippen LogP) is 3.04. The Balaban J connectivity index is 3.06. The van der Waals surface area contributed by atoms with Crippen molar-refractivity contribution in [2.45, 2.75) is 32.7 Å². The number of non-ortho nitro benzene ring substituents is 1. The number of alkyl halides is 1. The van der Waals surface area contributed by atoms with E-state index in [4.69, 9.17) is 11.6 Å². The molecule has 0 bridgehead atoms. The second kappa shape index (κ2) is 6.02. The fraction of sp³-hybridized carbons (Fsp3) is 0.462. The van der Waals surface area contributed by atoms with Crippen LogP contribution in [0, 0.1) is 17.0 Å². The Labute approximate surface area is 117 Å². The zero-order chi connectivity index (χ0) is 14.6. The maximum absolute atomic E-state index is 12.2. The second-order valence-corrected chi connectivity index (χ2v) is 5.03. The highest BCUT2D eigenvalue weighted by Gasteiger charge is 2.25. The van der Waals surface area contributed by atoms with Crippen molar-refractivity contribution in [3.8, 4) is 0 Å². The number of carbonyl (C=O) groups excluding carboxylic acids is 1. The highest BCUT2D eigenvalue weighted by Crippen LogP contribution is 2.19. The lowest BCUT2D eigenvalue weighted by Gasteiger charge is -2.27. The van der Waals surface area contributed by atoms with Gasteiger partial charge in [0.25, 0.3) is 11.6 Å². The van der Waals surface area contributed by atoms with Gasteiger partial charge in [0, 0.05) is 23.6 Å². The SMILES string of the molecule is CCC(C)(CCl)NC(=O)c1cc([N+](=O)[O-])ccc1C. The largest absolute Gasteiger partial charge is 0.346 e. The van der Waals surface area contributed by atoms with Crippen LogP contribution in [0.15, 0.2) is 18.2 Å². The molecule has 0 fully saturated rings. The van der Waals surface area contributed by atoms with Crippen LogP contribution in [0.1, 0.15) is 36.2 Å². The van der Waals surface area contributed by atoms with Crippen LogP contribution in [0.3, 0.4) is 0 Å². The van der Waals surface area contributed by atoms with E-state index in [1.165, 1.54) is 12.1 Å². The van der Waals surface area contributed by atoms with Gasteiger partial charge in [-0.1, -0.05) is 13.0 Å². The van der Waals surface area contributed by atoms with Gasteiger partial charge in [-0.05, 0) is 25.8 Å². The molecule has 0 spiro atoms. The molecular weight excluding hydrogens is 268 g/mol. The van der Waals surface area contributed by atoms with Crippen molar-refractivity contribution >= 4 is 23.2 Å². The molecule has 1 amide bonds. The third-order valence-electron chi connectivity index (χ3n) is 3.17. The third-order valence-corrected chi connectivity index (χ3v) is 3.76. The monoisotopic (exact) mass is 284 g/mol. The van der Waals surface area contributed by atoms with Crippen LogP contribution < -0.4 is 5.32 Å². The van der Waals surface area contributed by atoms with Crippen LogP contribution in [-0.4, -0.2) is 22.2 Å². The molecule has 1 unspecified atom stereocenters. The fourth-order valence-corrected chi connectivity index (χ4v) is 1.78. The number of amides is 1. The summed E-state index contributed by atoms with van der Waals surface area (Å²) in [6, 6.07) is 4.23. The molecule has 6 heteroatoms. The first-order valence-electron chi connectivity index (χ1n) is 5.96. The minimum absolute atomic E-state index is 0.0974. The van der Waals surface area contributed by atoms with Gasteiger partial charge in [-0.2, -0.15) is 0 Å². The van der Waals surface area contributed by atoms with Gasteiger partial charge in [-0.3, -0.25) is 14.9 Å². The first-order chi connectivity index (χ1) is 8.83. The van der Waals surface area contributed by atoms with E-state index in [2.05, 4.69) is 5.32 Å². The molecule has 0 aromatic heterocycles. The van der Waals surface area contributed by atoms with E-state index in [0.29, 0.717) is 17.5 Å². The van der Waals surface area contributed by atoms with E-state index in [-0.39, 0.29) is 17.5 Å². The highest BCUT2D eigenvalue weighted by atomic mass is 35.5. The van der Waals surface area contributed by atoms with Gasteiger partial charge in [-0.15, -0.1) is 11.6 Å². The lowest BCUT2D eigenvalue weighted by Crippen LogP contribution is -2.47. The second-order valence-electron chi connectivity index (χ2n) is 4.76. The average Bonchev–Trinajstić information content (AvgIpc) is 2.38. The molecule has 0 saturated heterocycles. The van der Waals surface area contributed by atoms with E-state index in [1.54, 1.807) is 13.0 Å². The van der Waals surface area contributed by atoms with Crippen molar-refractivity contribution in [2.75, 3.05) is 5.88 Å². The molecule has 104 valence electrons. The summed E-state index contributed by atoms with van der Waals surface area (Å²) >= 11 is 5.84. The zero-order valence-electron chi connectivity index (χ0n) is 11.2. The molecule has 0 aliphatic carbocycles. The molecule has 0 radical (unpaired) electrons. The molecule has 1 aromatic rings. The van der Waals surface area contributed by atoms with Crippen molar-refractivity contribution < 1.29 is 9.72 Å². The summed E-state index contributed by atoms with van der Waals surface area (Å²) in [5.74, 6) is -0.0605. The average molecular weight is 285 g/mol. The predicted molar refractivity (Wildman–Crippen MR) is 74.7 cm³/mol. The molecule has 1 rings (SSSR count). The number of hydrogen-bond donors (Lipinski definition) is 1. The van der Waals surface area contributed by atoms with Crippen molar-refractivity contribution in [1.82, 2.24) is 5.32 Å². The number of carbonyl (C=O) groups is 1. The number of nitrogens with one attached hydrogen (secondary N) is 1. The Bertz CT molecular complexity index is 499. The molecule has 0 aliphatic heterocycles. The Morgan fingerprint density at radius 2 is 2.16 bits per heavy atom. The molecule has 0 saturated carbocycles. The van der Waals surface area contributed by atoms with E-state index < -0.39 is 10.5 Å². The Kier molecular flexibility index (Phi) is 4.89. The van der Waals surface area contributed by atoms with E-state index in [9.17, 15) is 14.9 Å². The van der Waals surface area contributed by atoms with Gasteiger partial charge in [0.15, 0.2) is 0 Å². The molecule has 1 atom stereocenters. The minimum atomic E-state index is -0.518. The van der Waals surface area contributed by atoms with Crippen molar-refractivity contribution in [3.05, 3.63) is 39.4 Å². The molecular formula is C13H17ClN2O3. The summed E-state index contributed by atoms with van der Waals surface area (Å²) in [5, 5.41) is 13.6. The van der Waals surface area contributed by atoms with E-state index in [1.807, 2.05) is 13.8 Å². The van der Waals surface area contributed by atoms with Crippen LogP contribution in [-0.2, 0) is 0 Å². The summed E-state index contributed by atoms with van der Waals surface area (Å²) in [4.78, 5) is 22.4. The van der Waals surface area contributed by atoms with Crippen molar-refractivity contribution in [3.63, 3.8) is 0 Å². The van der Waals surface area contributed by atoms with Crippen molar-refractivity contribution in [2.24, 2.45) is 0 Å². The number of hydrogen-bond acceptors (Lipinski definition) is 3. The molecule has 1 N–H and O–H groups in total. The standard InChI is InChI=1S/C13H17ClN2O3/c1-4-13(3,8-14)15-12(17)11-7-10(16(18)19)6-5-9(11)2/h5-7H,4,8H2,1-3H3,(H,15,17). The normalized spacial score (nSPS) is 13.7. The topological polar surface area (TPSA) is 72.2 Å². The number of nitro benzene ring substituents is 1. The van der Waals surface area contributed by atoms with Crippen LogP contribution in [0.4, 0.5) is 5.69 Å². The van der Waals surface area contributed by atoms with Crippen LogP contribution in [0.25, 0.3) is 0 Å². The number of nitrogens with zero attached hydrogens (tertiary/aromatic N) is 1. The molecule has 19 heavy (non-hydrogen) atoms. The third kappa shape index (κ3) is 3.67. The van der Waals surface area contributed by atoms with Crippen LogP contribution in [0.5, 0.6) is 0 Å². The van der Waals surface area contributed by atoms with Gasteiger partial charge in [0.2, 0.25) is 0 Å². The molecule has 1 aromatic carbocycles. The fourth-order valence-electron chi connectivity index (χ4n) is 1.53. The summed E-state index contributed by atoms with van der Waals surface area (Å²) < 4.78 is 0. The Hall–Kier alpha value is -1.62. The smallest absolute Gasteiger partial charge is 0.270 e. The van der Waals surface area contributed by atoms with Gasteiger partial charge < -0.3 is 5.32 Å². The van der Waals surface area contributed by atoms with Gasteiger partial charge in [0.1, 0.15) is 0 Å². The number of halogens is 1. The number of benzene rings is 1. The highest BCUT2D eigenvalue weighted by molar-refractivity contribution is 6.18. The number of rotatable bonds is 5. The lowest BCUT2D eigenvalue weighted by atomic mass is 10.00. The maximum Gasteiger partial charge on any atom is 0.270 e. The summed E-state index contributed by atoms with van der Waals surface area (Å²) in [6.45, 7) is 5.50. The summed E-state index contributed by atoms with van der Waals surface area (Å²) in [5.41, 5.74) is 0.380. The summed E-state index contributed by atoms with van der Waals surface area (Å²) in [6.07, 6.45) is 0.677. The van der Waals surface area contributed by atoms with Crippen LogP contribution >= 0.6 is 11.6 Å². The van der Waals surface area contributed by atoms with Crippen molar-refractivity contribution in [1.29, 1.82) is 0 Å². The Morgan fingerprint density at radius 1 is 1.53 bits per heavy atom. The first kappa shape index (κ1) is 15.4. The van der Waals surface area contributed by atoms with Gasteiger partial charge >= 0.3 is 0 Å². The minimum Gasteiger partial charge on any atom is -0.346 e. The maximum atomic E-state index is 12.2. The van der Waals surface area contributed by atoms with E-state index in [0.717, 1.165) is 0 Å². The van der Waals surface area contributed by atoms with Gasteiger partial charge in [-0.25, -0.2) is 0 Å². The lowest BCUT2D eigenvalue weighted by molar-refractivity contribution is -0.384. The molecule has 0 heterocycles. The zero-order valence-corrected chi connectivity index (χ0v) is 12.0. The molecule has 5 nitrogen and oxygen atoms in total.